The molecule has 2 rings (SSSR count). The van der Waals surface area contributed by atoms with E-state index in [0.29, 0.717) is 13.1 Å². The quantitative estimate of drug-likeness (QED) is 0.0842. The van der Waals surface area contributed by atoms with Gasteiger partial charge in [0, 0.05) is 13.1 Å². The summed E-state index contributed by atoms with van der Waals surface area (Å²) in [6, 6.07) is 0. The molecule has 14 nitrogen and oxygen atoms in total. The number of aliphatic hydroxyl groups excluding tert-OH is 8. The van der Waals surface area contributed by atoms with Crippen LogP contribution in [0.3, 0.4) is 0 Å². The zero-order chi connectivity index (χ0) is 26.8. The third-order valence-electron chi connectivity index (χ3n) is 6.01. The van der Waals surface area contributed by atoms with Crippen LogP contribution in [0.25, 0.3) is 0 Å². The molecule has 36 heavy (non-hydrogen) atoms. The van der Waals surface area contributed by atoms with Gasteiger partial charge in [-0.3, -0.25) is 0 Å². The van der Waals surface area contributed by atoms with E-state index < -0.39 is 74.5 Å². The maximum Gasteiger partial charge on any atom is 0.168 e. The summed E-state index contributed by atoms with van der Waals surface area (Å²) in [5.41, 5.74) is 0. The molecule has 10 atom stereocenters. The molecule has 2 fully saturated rings. The zero-order valence-electron chi connectivity index (χ0n) is 19.6. The Balaban J connectivity index is 1.54. The Morgan fingerprint density at radius 1 is 0.556 bits per heavy atom. The summed E-state index contributed by atoms with van der Waals surface area (Å²) in [7, 11) is 0. The average molecular weight is 559 g/mol. The van der Waals surface area contributed by atoms with Crippen molar-refractivity contribution in [2.75, 3.05) is 26.3 Å². The predicted octanol–water partition coefficient (Wildman–Crippen LogP) is -4.93. The van der Waals surface area contributed by atoms with Crippen molar-refractivity contribution in [2.24, 2.45) is 0 Å². The molecule has 2 aliphatic rings. The number of unbranched alkanes of at least 4 members (excludes halogenated alkanes) is 3. The molecular formula is C20H38N4O10S2. The maximum atomic E-state index is 10.0. The standard InChI is InChI=1S/C20H38N4O10S2/c25-7-9-11(27)13(29)15(31)17(33-9)23-19(35)21-5-3-1-2-4-6-22-20(36)24-18-16(32)14(30)12(28)10(8-26)34-18/h9-18,25-32H,1-8H2,(H2,21,23,35)(H2,22,24,36)/t9-,10-,11-,12-,13+,14+,15+,16+,17-,18-/m1/s1. The molecule has 0 saturated carbocycles. The molecule has 0 aromatic rings. The second-order valence-electron chi connectivity index (χ2n) is 8.71. The van der Waals surface area contributed by atoms with Gasteiger partial charge in [0.05, 0.1) is 13.2 Å². The van der Waals surface area contributed by atoms with E-state index in [0.717, 1.165) is 25.7 Å². The average Bonchev–Trinajstić information content (AvgIpc) is 2.86. The third kappa shape index (κ3) is 8.78. The smallest absolute Gasteiger partial charge is 0.168 e. The van der Waals surface area contributed by atoms with Crippen LogP contribution in [0.2, 0.25) is 0 Å². The van der Waals surface area contributed by atoms with E-state index in [9.17, 15) is 40.9 Å². The van der Waals surface area contributed by atoms with Crippen molar-refractivity contribution in [1.82, 2.24) is 21.3 Å². The van der Waals surface area contributed by atoms with Crippen molar-refractivity contribution in [3.05, 3.63) is 0 Å². The molecule has 0 spiro atoms. The van der Waals surface area contributed by atoms with E-state index >= 15 is 0 Å². The first-order valence-corrected chi connectivity index (χ1v) is 12.6. The molecule has 0 unspecified atom stereocenters. The third-order valence-corrected chi connectivity index (χ3v) is 6.53. The maximum absolute atomic E-state index is 10.0. The Kier molecular flexibility index (Phi) is 13.4. The molecule has 0 radical (unpaired) electrons. The summed E-state index contributed by atoms with van der Waals surface area (Å²) in [6.45, 7) is 0.0565. The van der Waals surface area contributed by atoms with E-state index in [2.05, 4.69) is 21.3 Å². The van der Waals surface area contributed by atoms with Gasteiger partial charge in [-0.25, -0.2) is 0 Å². The number of aliphatic hydroxyl groups is 8. The molecule has 210 valence electrons. The van der Waals surface area contributed by atoms with Gasteiger partial charge in [-0.2, -0.15) is 0 Å². The molecule has 0 aromatic heterocycles. The van der Waals surface area contributed by atoms with E-state index in [-0.39, 0.29) is 10.2 Å². The lowest BCUT2D eigenvalue weighted by molar-refractivity contribution is -0.232. The van der Waals surface area contributed by atoms with Gasteiger partial charge in [0.2, 0.25) is 0 Å². The summed E-state index contributed by atoms with van der Waals surface area (Å²) in [5.74, 6) is 0. The van der Waals surface area contributed by atoms with E-state index in [1.165, 1.54) is 0 Å². The minimum Gasteiger partial charge on any atom is -0.394 e. The van der Waals surface area contributed by atoms with Crippen LogP contribution in [0.4, 0.5) is 0 Å². The van der Waals surface area contributed by atoms with Crippen molar-refractivity contribution in [2.45, 2.75) is 87.0 Å². The Hall–Kier alpha value is -1.02. The van der Waals surface area contributed by atoms with Crippen molar-refractivity contribution in [1.29, 1.82) is 0 Å². The normalized spacial score (nSPS) is 36.7. The van der Waals surface area contributed by atoms with Crippen LogP contribution in [-0.4, -0.2) is 139 Å². The van der Waals surface area contributed by atoms with Gasteiger partial charge in [0.15, 0.2) is 22.7 Å². The summed E-state index contributed by atoms with van der Waals surface area (Å²) in [5, 5.41) is 89.4. The van der Waals surface area contributed by atoms with E-state index in [1.807, 2.05) is 0 Å². The first-order chi connectivity index (χ1) is 17.1. The first kappa shape index (κ1) is 31.2. The molecule has 2 saturated heterocycles. The van der Waals surface area contributed by atoms with Crippen LogP contribution in [0.1, 0.15) is 25.7 Å². The summed E-state index contributed by atoms with van der Waals surface area (Å²) < 4.78 is 10.7. The number of hydrogen-bond donors (Lipinski definition) is 12. The Labute approximate surface area is 219 Å². The van der Waals surface area contributed by atoms with Crippen LogP contribution in [-0.2, 0) is 9.47 Å². The van der Waals surface area contributed by atoms with E-state index in [4.69, 9.17) is 33.9 Å². The molecule has 0 aromatic carbocycles. The minimum absolute atomic E-state index is 0.200. The highest BCUT2D eigenvalue weighted by atomic mass is 32.1. The fraction of sp³-hybridized carbons (Fsp3) is 0.900. The fourth-order valence-electron chi connectivity index (χ4n) is 3.81. The SMILES string of the molecule is OC[C@H]1O[C@@H](NC(=S)NCCCCCCNC(=S)N[C@@H]2O[C@H](CO)[C@@H](O)[C@H](O)[C@@H]2O)[C@@H](O)[C@@H](O)[C@@H]1O. The molecule has 12 N–H and O–H groups in total. The van der Waals surface area contributed by atoms with Gasteiger partial charge in [-0.1, -0.05) is 12.8 Å². The van der Waals surface area contributed by atoms with E-state index in [1.54, 1.807) is 0 Å². The highest BCUT2D eigenvalue weighted by Crippen LogP contribution is 2.20. The molecule has 16 heteroatoms. The van der Waals surface area contributed by atoms with Gasteiger partial charge in [-0.15, -0.1) is 0 Å². The van der Waals surface area contributed by atoms with Crippen molar-refractivity contribution >= 4 is 34.7 Å². The second-order valence-corrected chi connectivity index (χ2v) is 9.53. The van der Waals surface area contributed by atoms with Gasteiger partial charge in [-0.05, 0) is 37.3 Å². The van der Waals surface area contributed by atoms with Crippen molar-refractivity contribution in [3.8, 4) is 0 Å². The largest absolute Gasteiger partial charge is 0.394 e. The zero-order valence-corrected chi connectivity index (χ0v) is 21.3. The Morgan fingerprint density at radius 2 is 0.917 bits per heavy atom. The van der Waals surface area contributed by atoms with Gasteiger partial charge in [0.1, 0.15) is 48.8 Å². The first-order valence-electron chi connectivity index (χ1n) is 11.8. The highest BCUT2D eigenvalue weighted by molar-refractivity contribution is 7.80. The number of hydrogen-bond acceptors (Lipinski definition) is 12. The lowest BCUT2D eigenvalue weighted by Gasteiger charge is -2.40. The van der Waals surface area contributed by atoms with Crippen molar-refractivity contribution in [3.63, 3.8) is 0 Å². The predicted molar refractivity (Wildman–Crippen MR) is 133 cm³/mol. The summed E-state index contributed by atoms with van der Waals surface area (Å²) in [6.07, 6.45) is -9.51. The molecule has 2 aliphatic heterocycles. The number of ether oxygens (including phenoxy) is 2. The van der Waals surface area contributed by atoms with Crippen molar-refractivity contribution < 1.29 is 50.3 Å². The Morgan fingerprint density at radius 3 is 1.25 bits per heavy atom. The topological polar surface area (TPSA) is 228 Å². The summed E-state index contributed by atoms with van der Waals surface area (Å²) in [4.78, 5) is 0. The lowest BCUT2D eigenvalue weighted by Crippen LogP contribution is -2.64. The molecule has 0 aliphatic carbocycles. The van der Waals surface area contributed by atoms with Gasteiger partial charge in [0.25, 0.3) is 0 Å². The highest BCUT2D eigenvalue weighted by Gasteiger charge is 2.44. The van der Waals surface area contributed by atoms with Crippen LogP contribution in [0, 0.1) is 0 Å². The number of thiocarbonyl (C=S) groups is 2. The molecule has 0 bridgehead atoms. The number of nitrogens with one attached hydrogen (secondary N) is 4. The van der Waals surface area contributed by atoms with Gasteiger partial charge < -0.3 is 71.6 Å². The van der Waals surface area contributed by atoms with Crippen LogP contribution < -0.4 is 21.3 Å². The minimum atomic E-state index is -1.48. The second kappa shape index (κ2) is 15.4. The monoisotopic (exact) mass is 558 g/mol. The number of rotatable bonds is 11. The lowest BCUT2D eigenvalue weighted by atomic mass is 9.98. The molecular weight excluding hydrogens is 520 g/mol. The molecule has 2 heterocycles. The fourth-order valence-corrected chi connectivity index (χ4v) is 4.25. The van der Waals surface area contributed by atoms with Crippen LogP contribution in [0.15, 0.2) is 0 Å². The Bertz CT molecular complexity index is 639. The summed E-state index contributed by atoms with van der Waals surface area (Å²) >= 11 is 10.3. The van der Waals surface area contributed by atoms with Gasteiger partial charge >= 0.3 is 0 Å². The molecule has 0 amide bonds. The van der Waals surface area contributed by atoms with Crippen LogP contribution in [0.5, 0.6) is 0 Å². The van der Waals surface area contributed by atoms with Crippen LogP contribution >= 0.6 is 24.4 Å².